The second kappa shape index (κ2) is 4.78. The molecule has 1 heterocycles. The smallest absolute Gasteiger partial charge is 0.100 e. The molecule has 1 unspecified atom stereocenters. The molecule has 0 aliphatic carbocycles. The zero-order valence-electron chi connectivity index (χ0n) is 9.58. The lowest BCUT2D eigenvalue weighted by atomic mass is 10.1. The molecular formula is C11H22N2O. The normalized spacial score (nSPS) is 26.9. The summed E-state index contributed by atoms with van der Waals surface area (Å²) in [6.07, 6.45) is 3.39. The lowest BCUT2D eigenvalue weighted by molar-refractivity contribution is 0.198. The molecule has 0 saturated heterocycles. The van der Waals surface area contributed by atoms with Crippen LogP contribution in [0.25, 0.3) is 0 Å². The Labute approximate surface area is 86.8 Å². The quantitative estimate of drug-likeness (QED) is 0.729. The Morgan fingerprint density at radius 2 is 2.21 bits per heavy atom. The molecule has 0 aromatic rings. The molecule has 0 spiro atoms. The first-order valence-electron chi connectivity index (χ1n) is 5.59. The summed E-state index contributed by atoms with van der Waals surface area (Å²) >= 11 is 0. The number of hydrogen-bond acceptors (Lipinski definition) is 3. The van der Waals surface area contributed by atoms with Gasteiger partial charge in [-0.2, -0.15) is 0 Å². The van der Waals surface area contributed by atoms with Gasteiger partial charge in [-0.1, -0.05) is 20.3 Å². The number of hydrogen-bond donors (Lipinski definition) is 1. The van der Waals surface area contributed by atoms with Crippen LogP contribution in [-0.2, 0) is 0 Å². The van der Waals surface area contributed by atoms with E-state index in [9.17, 15) is 5.11 Å². The minimum absolute atomic E-state index is 0.152. The molecule has 1 aliphatic heterocycles. The zero-order valence-corrected chi connectivity index (χ0v) is 9.58. The van der Waals surface area contributed by atoms with E-state index in [1.165, 1.54) is 12.8 Å². The fourth-order valence-electron chi connectivity index (χ4n) is 1.87. The van der Waals surface area contributed by atoms with Gasteiger partial charge in [0, 0.05) is 19.5 Å². The van der Waals surface area contributed by atoms with Crippen LogP contribution in [0, 0.1) is 0 Å². The highest BCUT2D eigenvalue weighted by atomic mass is 16.3. The van der Waals surface area contributed by atoms with E-state index in [0.717, 1.165) is 25.3 Å². The molecular weight excluding hydrogens is 176 g/mol. The number of aliphatic imine (C=N–C) groups is 1. The molecule has 0 fully saturated rings. The standard InChI is InChI=1S/C11H22N2O/c1-4-6-7-13-8-11(3,9-14)12-10(13)5-2/h14H,4-9H2,1-3H3. The van der Waals surface area contributed by atoms with Crippen molar-refractivity contribution in [3.63, 3.8) is 0 Å². The van der Waals surface area contributed by atoms with E-state index in [2.05, 4.69) is 23.7 Å². The molecule has 14 heavy (non-hydrogen) atoms. The molecule has 0 amide bonds. The molecule has 3 heteroatoms. The van der Waals surface area contributed by atoms with Crippen LogP contribution in [0.1, 0.15) is 40.0 Å². The minimum Gasteiger partial charge on any atom is -0.394 e. The Hall–Kier alpha value is -0.570. The van der Waals surface area contributed by atoms with Gasteiger partial charge >= 0.3 is 0 Å². The predicted molar refractivity (Wildman–Crippen MR) is 59.7 cm³/mol. The number of aliphatic hydroxyl groups is 1. The molecule has 82 valence electrons. The van der Waals surface area contributed by atoms with Crippen molar-refractivity contribution in [1.82, 2.24) is 4.90 Å². The summed E-state index contributed by atoms with van der Waals surface area (Å²) in [5.41, 5.74) is -0.251. The summed E-state index contributed by atoms with van der Waals surface area (Å²) in [6.45, 7) is 8.46. The topological polar surface area (TPSA) is 35.8 Å². The van der Waals surface area contributed by atoms with E-state index in [0.29, 0.717) is 0 Å². The summed E-state index contributed by atoms with van der Waals surface area (Å²) in [6, 6.07) is 0. The highest BCUT2D eigenvalue weighted by molar-refractivity contribution is 5.84. The molecule has 1 aliphatic rings. The molecule has 0 aromatic carbocycles. The summed E-state index contributed by atoms with van der Waals surface area (Å²) in [5.74, 6) is 1.16. The molecule has 0 radical (unpaired) electrons. The van der Waals surface area contributed by atoms with Gasteiger partial charge in [0.2, 0.25) is 0 Å². The lowest BCUT2D eigenvalue weighted by Gasteiger charge is -2.23. The van der Waals surface area contributed by atoms with Gasteiger partial charge in [-0.3, -0.25) is 4.99 Å². The number of nitrogens with zero attached hydrogens (tertiary/aromatic N) is 2. The van der Waals surface area contributed by atoms with Crippen molar-refractivity contribution < 1.29 is 5.11 Å². The van der Waals surface area contributed by atoms with E-state index < -0.39 is 0 Å². The lowest BCUT2D eigenvalue weighted by Crippen LogP contribution is -2.36. The summed E-state index contributed by atoms with van der Waals surface area (Å²) in [4.78, 5) is 6.90. The number of aliphatic hydroxyl groups excluding tert-OH is 1. The fraction of sp³-hybridized carbons (Fsp3) is 0.909. The molecule has 3 nitrogen and oxygen atoms in total. The first-order valence-corrected chi connectivity index (χ1v) is 5.59. The third-order valence-electron chi connectivity index (χ3n) is 2.73. The average molecular weight is 198 g/mol. The highest BCUT2D eigenvalue weighted by Gasteiger charge is 2.33. The van der Waals surface area contributed by atoms with Crippen molar-refractivity contribution in [1.29, 1.82) is 0 Å². The second-order valence-electron chi connectivity index (χ2n) is 4.31. The van der Waals surface area contributed by atoms with Gasteiger partial charge in [-0.25, -0.2) is 0 Å². The van der Waals surface area contributed by atoms with E-state index in [-0.39, 0.29) is 12.1 Å². The van der Waals surface area contributed by atoms with Gasteiger partial charge in [0.15, 0.2) is 0 Å². The molecule has 1 atom stereocenters. The molecule has 1 rings (SSSR count). The van der Waals surface area contributed by atoms with E-state index >= 15 is 0 Å². The van der Waals surface area contributed by atoms with Gasteiger partial charge in [0.25, 0.3) is 0 Å². The second-order valence-corrected chi connectivity index (χ2v) is 4.31. The maximum atomic E-state index is 9.25. The van der Waals surface area contributed by atoms with Crippen LogP contribution in [-0.4, -0.2) is 41.1 Å². The number of unbranched alkanes of at least 4 members (excludes halogenated alkanes) is 1. The SMILES string of the molecule is CCCCN1CC(C)(CO)N=C1CC. The summed E-state index contributed by atoms with van der Waals surface area (Å²) < 4.78 is 0. The van der Waals surface area contributed by atoms with E-state index in [1.807, 2.05) is 6.92 Å². The van der Waals surface area contributed by atoms with Crippen LogP contribution >= 0.6 is 0 Å². The third kappa shape index (κ3) is 2.47. The Kier molecular flexibility index (Phi) is 3.93. The first-order chi connectivity index (χ1) is 6.65. The van der Waals surface area contributed by atoms with Crippen molar-refractivity contribution in [2.45, 2.75) is 45.6 Å². The van der Waals surface area contributed by atoms with Gasteiger partial charge < -0.3 is 10.0 Å². The van der Waals surface area contributed by atoms with E-state index in [4.69, 9.17) is 0 Å². The molecule has 1 N–H and O–H groups in total. The van der Waals surface area contributed by atoms with Crippen LogP contribution in [0.3, 0.4) is 0 Å². The van der Waals surface area contributed by atoms with Crippen LogP contribution in [0.15, 0.2) is 4.99 Å². The third-order valence-corrected chi connectivity index (χ3v) is 2.73. The van der Waals surface area contributed by atoms with Crippen molar-refractivity contribution >= 4 is 5.84 Å². The molecule has 0 aromatic heterocycles. The average Bonchev–Trinajstić information content (AvgIpc) is 2.53. The maximum absolute atomic E-state index is 9.25. The van der Waals surface area contributed by atoms with Crippen LogP contribution in [0.2, 0.25) is 0 Å². The van der Waals surface area contributed by atoms with Crippen molar-refractivity contribution in [3.8, 4) is 0 Å². The monoisotopic (exact) mass is 198 g/mol. The largest absolute Gasteiger partial charge is 0.394 e. The molecule has 0 bridgehead atoms. The van der Waals surface area contributed by atoms with Crippen molar-refractivity contribution in [2.75, 3.05) is 19.7 Å². The highest BCUT2D eigenvalue weighted by Crippen LogP contribution is 2.21. The Bertz CT molecular complexity index is 215. The zero-order chi connectivity index (χ0) is 10.6. The Morgan fingerprint density at radius 3 is 2.71 bits per heavy atom. The molecule has 0 saturated carbocycles. The maximum Gasteiger partial charge on any atom is 0.100 e. The Balaban J connectivity index is 2.59. The number of rotatable bonds is 5. The minimum atomic E-state index is -0.251. The van der Waals surface area contributed by atoms with Gasteiger partial charge in [0.05, 0.1) is 12.4 Å². The predicted octanol–water partition coefficient (Wildman–Crippen LogP) is 1.66. The summed E-state index contributed by atoms with van der Waals surface area (Å²) in [5, 5.41) is 9.25. The van der Waals surface area contributed by atoms with Crippen molar-refractivity contribution in [3.05, 3.63) is 0 Å². The fourth-order valence-corrected chi connectivity index (χ4v) is 1.87. The van der Waals surface area contributed by atoms with Gasteiger partial charge in [0.1, 0.15) is 5.54 Å². The number of amidine groups is 1. The summed E-state index contributed by atoms with van der Waals surface area (Å²) in [7, 11) is 0. The van der Waals surface area contributed by atoms with Gasteiger partial charge in [-0.05, 0) is 13.3 Å². The first kappa shape index (κ1) is 11.5. The van der Waals surface area contributed by atoms with E-state index in [1.54, 1.807) is 0 Å². The van der Waals surface area contributed by atoms with Crippen molar-refractivity contribution in [2.24, 2.45) is 4.99 Å². The van der Waals surface area contributed by atoms with Gasteiger partial charge in [-0.15, -0.1) is 0 Å². The van der Waals surface area contributed by atoms with Crippen LogP contribution in [0.4, 0.5) is 0 Å². The Morgan fingerprint density at radius 1 is 1.50 bits per heavy atom. The van der Waals surface area contributed by atoms with Crippen LogP contribution < -0.4 is 0 Å². The van der Waals surface area contributed by atoms with Crippen LogP contribution in [0.5, 0.6) is 0 Å².